The zero-order valence-electron chi connectivity index (χ0n) is 26.1. The molecule has 6 rings (SSSR count). The number of phenolic OH excluding ortho intramolecular Hbond substituents is 1. The van der Waals surface area contributed by atoms with Crippen molar-refractivity contribution < 1.29 is 19.7 Å². The number of ether oxygens (including phenoxy) is 1. The van der Waals surface area contributed by atoms with Gasteiger partial charge in [-0.25, -0.2) is 0 Å². The molecule has 1 amide bonds. The molecule has 4 atom stereocenters. The minimum Gasteiger partial charge on any atom is -0.504 e. The summed E-state index contributed by atoms with van der Waals surface area (Å²) in [5.41, 5.74) is 5.52. The fourth-order valence-electron chi connectivity index (χ4n) is 8.47. The van der Waals surface area contributed by atoms with Crippen LogP contribution in [0.4, 0.5) is 0 Å². The number of rotatable bonds is 8. The lowest BCUT2D eigenvalue weighted by Crippen LogP contribution is -2.74. The van der Waals surface area contributed by atoms with E-state index in [9.17, 15) is 15.0 Å². The first-order valence-electron chi connectivity index (χ1n) is 15.9. The third-order valence-corrected chi connectivity index (χ3v) is 11.1. The Kier molecular flexibility index (Phi) is 8.03. The van der Waals surface area contributed by atoms with Crippen LogP contribution in [0.5, 0.6) is 11.5 Å². The van der Waals surface area contributed by atoms with Gasteiger partial charge in [0.05, 0.1) is 12.7 Å². The fourth-order valence-corrected chi connectivity index (χ4v) is 8.47. The van der Waals surface area contributed by atoms with Gasteiger partial charge in [-0.15, -0.1) is 0 Å². The van der Waals surface area contributed by atoms with Crippen LogP contribution in [-0.4, -0.2) is 70.9 Å². The molecular formula is C37H46N2O4. The predicted octanol–water partition coefficient (Wildman–Crippen LogP) is 5.50. The molecule has 3 aromatic rings. The maximum Gasteiger partial charge on any atom is 0.222 e. The number of carbonyl (C=O) groups is 1. The van der Waals surface area contributed by atoms with Crippen LogP contribution in [-0.2, 0) is 29.5 Å². The number of likely N-dealkylation sites (tertiary alicyclic amines) is 1. The van der Waals surface area contributed by atoms with Crippen molar-refractivity contribution in [3.05, 3.63) is 94.0 Å². The van der Waals surface area contributed by atoms with Gasteiger partial charge < -0.3 is 19.8 Å². The molecular weight excluding hydrogens is 536 g/mol. The van der Waals surface area contributed by atoms with Crippen LogP contribution in [0, 0.1) is 13.8 Å². The van der Waals surface area contributed by atoms with Gasteiger partial charge >= 0.3 is 0 Å². The number of phenols is 1. The topological polar surface area (TPSA) is 73.2 Å². The predicted molar refractivity (Wildman–Crippen MR) is 170 cm³/mol. The molecule has 1 saturated carbocycles. The highest BCUT2D eigenvalue weighted by atomic mass is 16.5. The van der Waals surface area contributed by atoms with Gasteiger partial charge in [-0.1, -0.05) is 54.6 Å². The molecule has 3 aromatic carbocycles. The first-order chi connectivity index (χ1) is 20.7. The van der Waals surface area contributed by atoms with Crippen LogP contribution < -0.4 is 4.74 Å². The Morgan fingerprint density at radius 1 is 1.02 bits per heavy atom. The van der Waals surface area contributed by atoms with Gasteiger partial charge in [0.2, 0.25) is 5.91 Å². The Labute approximate surface area is 256 Å². The van der Waals surface area contributed by atoms with Gasteiger partial charge in [0.25, 0.3) is 0 Å². The third-order valence-electron chi connectivity index (χ3n) is 11.1. The van der Waals surface area contributed by atoms with Crippen molar-refractivity contribution in [1.82, 2.24) is 9.80 Å². The molecule has 228 valence electrons. The Morgan fingerprint density at radius 2 is 1.81 bits per heavy atom. The molecule has 2 N–H and O–H groups in total. The van der Waals surface area contributed by atoms with Gasteiger partial charge in [0, 0.05) is 43.1 Å². The molecule has 0 radical (unpaired) electrons. The highest BCUT2D eigenvalue weighted by molar-refractivity contribution is 5.76. The zero-order valence-corrected chi connectivity index (χ0v) is 26.1. The average Bonchev–Trinajstić information content (AvgIpc) is 3.01. The van der Waals surface area contributed by atoms with E-state index in [0.29, 0.717) is 31.4 Å². The summed E-state index contributed by atoms with van der Waals surface area (Å²) in [4.78, 5) is 18.0. The van der Waals surface area contributed by atoms with E-state index in [1.165, 1.54) is 22.3 Å². The summed E-state index contributed by atoms with van der Waals surface area (Å²) in [6, 6.07) is 20.7. The second-order valence-electron chi connectivity index (χ2n) is 13.2. The molecule has 1 unspecified atom stereocenters. The molecule has 1 heterocycles. The Balaban J connectivity index is 1.28. The number of aromatic hydroxyl groups is 1. The van der Waals surface area contributed by atoms with Crippen LogP contribution in [0.1, 0.15) is 65.5 Å². The number of piperidine rings is 1. The van der Waals surface area contributed by atoms with Crippen molar-refractivity contribution in [3.8, 4) is 11.5 Å². The van der Waals surface area contributed by atoms with Crippen molar-refractivity contribution in [3.63, 3.8) is 0 Å². The number of hydrogen-bond donors (Lipinski definition) is 2. The highest BCUT2D eigenvalue weighted by Gasteiger charge is 2.66. The SMILES string of the molecule is COc1c(O)ccc2c1[C@]13CCN(CCc4ccccc4)[C@H](C2)[C@]1(O)CCC(N(C)C(=O)CCc1ccc(C)c(C)c1)C3. The molecule has 1 aliphatic heterocycles. The lowest BCUT2D eigenvalue weighted by Gasteiger charge is -2.65. The number of fused-ring (bicyclic) bond motifs is 1. The Bertz CT molecular complexity index is 1490. The Hall–Kier alpha value is -3.35. The summed E-state index contributed by atoms with van der Waals surface area (Å²) in [5.74, 6) is 0.736. The van der Waals surface area contributed by atoms with Crippen molar-refractivity contribution >= 4 is 5.91 Å². The number of methoxy groups -OCH3 is 1. The molecule has 6 heteroatoms. The van der Waals surface area contributed by atoms with E-state index in [-0.39, 0.29) is 23.7 Å². The summed E-state index contributed by atoms with van der Waals surface area (Å²) in [7, 11) is 3.54. The monoisotopic (exact) mass is 582 g/mol. The molecule has 2 fully saturated rings. The van der Waals surface area contributed by atoms with E-state index < -0.39 is 11.0 Å². The average molecular weight is 583 g/mol. The summed E-state index contributed by atoms with van der Waals surface area (Å²) >= 11 is 0. The molecule has 0 spiro atoms. The van der Waals surface area contributed by atoms with E-state index in [0.717, 1.165) is 49.9 Å². The van der Waals surface area contributed by atoms with Crippen LogP contribution in [0.15, 0.2) is 60.7 Å². The summed E-state index contributed by atoms with van der Waals surface area (Å²) < 4.78 is 5.85. The fraction of sp³-hybridized carbons (Fsp3) is 0.486. The van der Waals surface area contributed by atoms with Crippen molar-refractivity contribution in [2.45, 2.75) is 88.3 Å². The normalized spacial score (nSPS) is 26.3. The molecule has 2 bridgehead atoms. The van der Waals surface area contributed by atoms with Crippen LogP contribution in [0.3, 0.4) is 0 Å². The summed E-state index contributed by atoms with van der Waals surface area (Å²) in [6.07, 6.45) is 5.61. The second kappa shape index (κ2) is 11.6. The minimum absolute atomic E-state index is 0.00190. The van der Waals surface area contributed by atoms with E-state index in [2.05, 4.69) is 61.2 Å². The first kappa shape index (κ1) is 29.7. The minimum atomic E-state index is -0.976. The molecule has 3 aliphatic rings. The van der Waals surface area contributed by atoms with E-state index >= 15 is 0 Å². The summed E-state index contributed by atoms with van der Waals surface area (Å²) in [5, 5.41) is 23.7. The van der Waals surface area contributed by atoms with E-state index in [1.54, 1.807) is 13.2 Å². The maximum absolute atomic E-state index is 13.6. The van der Waals surface area contributed by atoms with Gasteiger partial charge in [-0.3, -0.25) is 9.69 Å². The number of amides is 1. The number of aryl methyl sites for hydroxylation is 3. The smallest absolute Gasteiger partial charge is 0.222 e. The zero-order chi connectivity index (χ0) is 30.4. The highest BCUT2D eigenvalue weighted by Crippen LogP contribution is 2.61. The van der Waals surface area contributed by atoms with Crippen LogP contribution >= 0.6 is 0 Å². The number of benzene rings is 3. The summed E-state index contributed by atoms with van der Waals surface area (Å²) in [6.45, 7) is 5.97. The quantitative estimate of drug-likeness (QED) is 0.367. The van der Waals surface area contributed by atoms with Gasteiger partial charge in [0.15, 0.2) is 11.5 Å². The van der Waals surface area contributed by atoms with Gasteiger partial charge in [-0.2, -0.15) is 0 Å². The molecule has 6 nitrogen and oxygen atoms in total. The lowest BCUT2D eigenvalue weighted by atomic mass is 9.48. The number of nitrogens with zero attached hydrogens (tertiary/aromatic N) is 2. The molecule has 0 aromatic heterocycles. The molecule has 43 heavy (non-hydrogen) atoms. The number of carbonyl (C=O) groups excluding carboxylic acids is 1. The standard InChI is InChI=1S/C37H46N2O4/c1-25-10-11-28(22-26(25)2)12-15-33(41)38(3)30-16-18-37(42)32-23-29-13-14-31(40)35(43-4)34(29)36(37,24-30)19-21-39(32)20-17-27-8-6-5-7-9-27/h5-11,13-14,22,30,32,40,42H,12,15-21,23-24H2,1-4H3/t30?,32-,36-,37-/m1/s1. The van der Waals surface area contributed by atoms with Crippen LogP contribution in [0.25, 0.3) is 0 Å². The largest absolute Gasteiger partial charge is 0.504 e. The number of aliphatic hydroxyl groups is 1. The lowest BCUT2D eigenvalue weighted by molar-refractivity contribution is -0.178. The van der Waals surface area contributed by atoms with E-state index in [4.69, 9.17) is 4.74 Å². The first-order valence-corrected chi connectivity index (χ1v) is 15.9. The second-order valence-corrected chi connectivity index (χ2v) is 13.2. The maximum atomic E-state index is 13.6. The third kappa shape index (κ3) is 5.12. The molecule has 1 saturated heterocycles. The number of hydrogen-bond acceptors (Lipinski definition) is 5. The van der Waals surface area contributed by atoms with Gasteiger partial charge in [0.1, 0.15) is 0 Å². The van der Waals surface area contributed by atoms with Gasteiger partial charge in [-0.05, 0) is 99.2 Å². The van der Waals surface area contributed by atoms with Crippen LogP contribution in [0.2, 0.25) is 0 Å². The van der Waals surface area contributed by atoms with Crippen molar-refractivity contribution in [1.29, 1.82) is 0 Å². The van der Waals surface area contributed by atoms with Crippen molar-refractivity contribution in [2.75, 3.05) is 27.2 Å². The molecule has 2 aliphatic carbocycles. The Morgan fingerprint density at radius 3 is 2.56 bits per heavy atom. The van der Waals surface area contributed by atoms with E-state index in [1.807, 2.05) is 24.1 Å². The van der Waals surface area contributed by atoms with Crippen molar-refractivity contribution in [2.24, 2.45) is 0 Å².